The van der Waals surface area contributed by atoms with Gasteiger partial charge in [-0.1, -0.05) is 44.8 Å². The second kappa shape index (κ2) is 5.66. The zero-order chi connectivity index (χ0) is 10.6. The summed E-state index contributed by atoms with van der Waals surface area (Å²) in [4.78, 5) is 11.7. The van der Waals surface area contributed by atoms with E-state index in [0.717, 1.165) is 27.4 Å². The van der Waals surface area contributed by atoms with Crippen molar-refractivity contribution < 1.29 is 4.79 Å². The van der Waals surface area contributed by atoms with Gasteiger partial charge in [0.2, 0.25) is 0 Å². The standard InChI is InChI=1S/C11H12Br2O/c1-2-8-7-9(13)3-4-10(8)11(14)5-6-12/h3-4,7H,2,5-6H2,1H3. The SMILES string of the molecule is CCc1cc(Br)ccc1C(=O)CCBr. The van der Waals surface area contributed by atoms with Gasteiger partial charge < -0.3 is 0 Å². The summed E-state index contributed by atoms with van der Waals surface area (Å²) in [6.45, 7) is 2.06. The third-order valence-corrected chi connectivity index (χ3v) is 2.96. The fourth-order valence-electron chi connectivity index (χ4n) is 1.35. The molecule has 0 bridgehead atoms. The van der Waals surface area contributed by atoms with Crippen molar-refractivity contribution in [1.29, 1.82) is 0 Å². The van der Waals surface area contributed by atoms with Gasteiger partial charge in [0.25, 0.3) is 0 Å². The zero-order valence-electron chi connectivity index (χ0n) is 8.02. The van der Waals surface area contributed by atoms with Crippen LogP contribution >= 0.6 is 31.9 Å². The molecule has 76 valence electrons. The molecule has 0 aliphatic heterocycles. The van der Waals surface area contributed by atoms with Crippen molar-refractivity contribution in [3.05, 3.63) is 33.8 Å². The lowest BCUT2D eigenvalue weighted by molar-refractivity contribution is 0.0989. The van der Waals surface area contributed by atoms with Crippen LogP contribution in [0.1, 0.15) is 29.3 Å². The van der Waals surface area contributed by atoms with Crippen molar-refractivity contribution in [3.8, 4) is 0 Å². The van der Waals surface area contributed by atoms with Crippen LogP contribution in [0.5, 0.6) is 0 Å². The normalized spacial score (nSPS) is 10.2. The highest BCUT2D eigenvalue weighted by Gasteiger charge is 2.09. The van der Waals surface area contributed by atoms with E-state index >= 15 is 0 Å². The molecule has 0 aromatic heterocycles. The Morgan fingerprint density at radius 3 is 2.71 bits per heavy atom. The molecule has 0 amide bonds. The Labute approximate surface area is 101 Å². The van der Waals surface area contributed by atoms with Crippen LogP contribution in [0.2, 0.25) is 0 Å². The smallest absolute Gasteiger partial charge is 0.163 e. The second-order valence-electron chi connectivity index (χ2n) is 3.02. The predicted molar refractivity (Wildman–Crippen MR) is 66.3 cm³/mol. The summed E-state index contributed by atoms with van der Waals surface area (Å²) < 4.78 is 1.03. The number of aryl methyl sites for hydroxylation is 1. The summed E-state index contributed by atoms with van der Waals surface area (Å²) in [7, 11) is 0. The average molecular weight is 320 g/mol. The molecule has 0 spiro atoms. The lowest BCUT2D eigenvalue weighted by Crippen LogP contribution is -2.03. The minimum atomic E-state index is 0.214. The highest BCUT2D eigenvalue weighted by molar-refractivity contribution is 9.10. The molecule has 1 nitrogen and oxygen atoms in total. The van der Waals surface area contributed by atoms with E-state index in [1.165, 1.54) is 0 Å². The van der Waals surface area contributed by atoms with Gasteiger partial charge in [-0.05, 0) is 24.1 Å². The number of Topliss-reactive ketones (excluding diaryl/α,β-unsaturated/α-hetero) is 1. The lowest BCUT2D eigenvalue weighted by atomic mass is 10.0. The Morgan fingerprint density at radius 2 is 2.14 bits per heavy atom. The van der Waals surface area contributed by atoms with Crippen molar-refractivity contribution in [3.63, 3.8) is 0 Å². The van der Waals surface area contributed by atoms with Gasteiger partial charge in [0.05, 0.1) is 0 Å². The molecule has 0 aliphatic carbocycles. The summed E-state index contributed by atoms with van der Waals surface area (Å²) in [6, 6.07) is 5.83. The summed E-state index contributed by atoms with van der Waals surface area (Å²) >= 11 is 6.68. The van der Waals surface area contributed by atoms with Gasteiger partial charge in [-0.2, -0.15) is 0 Å². The molecule has 0 N–H and O–H groups in total. The zero-order valence-corrected chi connectivity index (χ0v) is 11.2. The molecule has 0 radical (unpaired) electrons. The van der Waals surface area contributed by atoms with Gasteiger partial charge in [0.1, 0.15) is 0 Å². The van der Waals surface area contributed by atoms with Crippen molar-refractivity contribution >= 4 is 37.6 Å². The fourth-order valence-corrected chi connectivity index (χ4v) is 2.12. The van der Waals surface area contributed by atoms with Crippen LogP contribution in [-0.4, -0.2) is 11.1 Å². The molecule has 0 saturated carbocycles. The first-order valence-electron chi connectivity index (χ1n) is 4.56. The topological polar surface area (TPSA) is 17.1 Å². The average Bonchev–Trinajstić information content (AvgIpc) is 2.17. The van der Waals surface area contributed by atoms with Gasteiger partial charge in [-0.25, -0.2) is 0 Å². The summed E-state index contributed by atoms with van der Waals surface area (Å²) in [5.41, 5.74) is 1.97. The molecule has 0 heterocycles. The van der Waals surface area contributed by atoms with Crippen LogP contribution < -0.4 is 0 Å². The van der Waals surface area contributed by atoms with E-state index in [9.17, 15) is 4.79 Å². The van der Waals surface area contributed by atoms with E-state index in [2.05, 4.69) is 38.8 Å². The fraction of sp³-hybridized carbons (Fsp3) is 0.364. The van der Waals surface area contributed by atoms with Crippen LogP contribution in [0.25, 0.3) is 0 Å². The molecule has 14 heavy (non-hydrogen) atoms. The highest BCUT2D eigenvalue weighted by Crippen LogP contribution is 2.18. The molecule has 1 rings (SSSR count). The first-order chi connectivity index (χ1) is 6.69. The van der Waals surface area contributed by atoms with E-state index in [1.54, 1.807) is 0 Å². The van der Waals surface area contributed by atoms with Crippen molar-refractivity contribution in [2.24, 2.45) is 0 Å². The first kappa shape index (κ1) is 11.9. The van der Waals surface area contributed by atoms with Gasteiger partial charge in [0, 0.05) is 21.8 Å². The number of benzene rings is 1. The molecule has 3 heteroatoms. The quantitative estimate of drug-likeness (QED) is 0.606. The van der Waals surface area contributed by atoms with Gasteiger partial charge in [-0.15, -0.1) is 0 Å². The molecule has 0 fully saturated rings. The van der Waals surface area contributed by atoms with Crippen LogP contribution in [0.15, 0.2) is 22.7 Å². The Hall–Kier alpha value is -0.150. The van der Waals surface area contributed by atoms with Gasteiger partial charge in [0.15, 0.2) is 5.78 Å². The Kier molecular flexibility index (Phi) is 4.82. The van der Waals surface area contributed by atoms with Crippen molar-refractivity contribution in [1.82, 2.24) is 0 Å². The van der Waals surface area contributed by atoms with Gasteiger partial charge in [-0.3, -0.25) is 4.79 Å². The summed E-state index contributed by atoms with van der Waals surface area (Å²) in [5.74, 6) is 0.214. The van der Waals surface area contributed by atoms with E-state index in [1.807, 2.05) is 18.2 Å². The van der Waals surface area contributed by atoms with Crippen LogP contribution in [0.3, 0.4) is 0 Å². The van der Waals surface area contributed by atoms with Crippen LogP contribution in [0.4, 0.5) is 0 Å². The number of hydrogen-bond acceptors (Lipinski definition) is 1. The molecule has 0 unspecified atom stereocenters. The number of ketones is 1. The van der Waals surface area contributed by atoms with Crippen LogP contribution in [0, 0.1) is 0 Å². The van der Waals surface area contributed by atoms with Crippen molar-refractivity contribution in [2.75, 3.05) is 5.33 Å². The molecule has 1 aromatic rings. The number of rotatable bonds is 4. The first-order valence-corrected chi connectivity index (χ1v) is 6.48. The molecule has 0 saturated heterocycles. The van der Waals surface area contributed by atoms with E-state index in [-0.39, 0.29) is 5.78 Å². The number of hydrogen-bond donors (Lipinski definition) is 0. The predicted octanol–water partition coefficient (Wildman–Crippen LogP) is 3.98. The summed E-state index contributed by atoms with van der Waals surface area (Å²) in [6.07, 6.45) is 1.46. The number of alkyl halides is 1. The number of carbonyl (C=O) groups is 1. The van der Waals surface area contributed by atoms with E-state index in [0.29, 0.717) is 6.42 Å². The summed E-state index contributed by atoms with van der Waals surface area (Å²) in [5, 5.41) is 0.727. The molecular formula is C11H12Br2O. The third kappa shape index (κ3) is 2.92. The molecule has 0 aliphatic rings. The monoisotopic (exact) mass is 318 g/mol. The highest BCUT2D eigenvalue weighted by atomic mass is 79.9. The van der Waals surface area contributed by atoms with E-state index in [4.69, 9.17) is 0 Å². The van der Waals surface area contributed by atoms with Crippen LogP contribution in [-0.2, 0) is 6.42 Å². The Bertz CT molecular complexity index is 334. The lowest BCUT2D eigenvalue weighted by Gasteiger charge is -2.06. The Balaban J connectivity index is 3.01. The van der Waals surface area contributed by atoms with Gasteiger partial charge >= 0.3 is 0 Å². The maximum atomic E-state index is 11.7. The maximum Gasteiger partial charge on any atom is 0.163 e. The molecular weight excluding hydrogens is 308 g/mol. The number of halogens is 2. The minimum absolute atomic E-state index is 0.214. The van der Waals surface area contributed by atoms with E-state index < -0.39 is 0 Å². The third-order valence-electron chi connectivity index (χ3n) is 2.07. The van der Waals surface area contributed by atoms with Crippen molar-refractivity contribution in [2.45, 2.75) is 19.8 Å². The minimum Gasteiger partial charge on any atom is -0.294 e. The number of carbonyl (C=O) groups excluding carboxylic acids is 1. The largest absolute Gasteiger partial charge is 0.294 e. The maximum absolute atomic E-state index is 11.7. The molecule has 0 atom stereocenters. The second-order valence-corrected chi connectivity index (χ2v) is 4.73. The molecule has 1 aromatic carbocycles. The Morgan fingerprint density at radius 1 is 1.43 bits per heavy atom.